The van der Waals surface area contributed by atoms with Crippen LogP contribution in [-0.4, -0.2) is 14.2 Å². The minimum atomic E-state index is 0.317. The predicted molar refractivity (Wildman–Crippen MR) is 77.8 cm³/mol. The van der Waals surface area contributed by atoms with Crippen molar-refractivity contribution in [1.29, 1.82) is 0 Å². The fourth-order valence-corrected chi connectivity index (χ4v) is 3.66. The molecule has 0 aliphatic heterocycles. The summed E-state index contributed by atoms with van der Waals surface area (Å²) in [5.41, 5.74) is 1.51. The lowest BCUT2D eigenvalue weighted by Gasteiger charge is -2.31. The maximum atomic E-state index is 5.48. The van der Waals surface area contributed by atoms with Crippen molar-refractivity contribution in [2.45, 2.75) is 37.4 Å². The number of rotatable bonds is 4. The number of halogens is 1. The van der Waals surface area contributed by atoms with E-state index in [4.69, 9.17) is 9.47 Å². The first kappa shape index (κ1) is 13.7. The van der Waals surface area contributed by atoms with Gasteiger partial charge < -0.3 is 9.47 Å². The van der Waals surface area contributed by atoms with E-state index in [1.807, 2.05) is 12.1 Å². The molecule has 0 aromatic heterocycles. The Labute approximate surface area is 118 Å². The molecule has 0 radical (unpaired) electrons. The molecule has 1 fully saturated rings. The van der Waals surface area contributed by atoms with Gasteiger partial charge in [0.15, 0.2) is 0 Å². The SMILES string of the molecule is COc1ccc(OC)c(C(Br)C2(C)CCCC2)c1. The molecule has 0 amide bonds. The molecule has 1 atom stereocenters. The van der Waals surface area contributed by atoms with Gasteiger partial charge in [-0.2, -0.15) is 0 Å². The molecule has 2 nitrogen and oxygen atoms in total. The molecule has 1 aromatic carbocycles. The van der Waals surface area contributed by atoms with E-state index in [9.17, 15) is 0 Å². The molecule has 0 N–H and O–H groups in total. The molecule has 0 heterocycles. The van der Waals surface area contributed by atoms with E-state index in [-0.39, 0.29) is 0 Å². The van der Waals surface area contributed by atoms with Gasteiger partial charge in [-0.15, -0.1) is 0 Å². The van der Waals surface area contributed by atoms with E-state index in [0.29, 0.717) is 10.2 Å². The molecule has 0 saturated heterocycles. The third-order valence-corrected chi connectivity index (χ3v) is 5.67. The van der Waals surface area contributed by atoms with Crippen molar-refractivity contribution in [2.75, 3.05) is 14.2 Å². The lowest BCUT2D eigenvalue weighted by Crippen LogP contribution is -2.18. The highest BCUT2D eigenvalue weighted by Crippen LogP contribution is 2.53. The van der Waals surface area contributed by atoms with Gasteiger partial charge in [0.1, 0.15) is 11.5 Å². The molecule has 1 saturated carbocycles. The van der Waals surface area contributed by atoms with Crippen LogP contribution in [0.15, 0.2) is 18.2 Å². The normalized spacial score (nSPS) is 19.6. The van der Waals surface area contributed by atoms with Crippen molar-refractivity contribution in [1.82, 2.24) is 0 Å². The standard InChI is InChI=1S/C15H21BrO2/c1-15(8-4-5-9-15)14(16)12-10-11(17-2)6-7-13(12)18-3/h6-7,10,14H,4-5,8-9H2,1-3H3. The van der Waals surface area contributed by atoms with Crippen LogP contribution in [0, 0.1) is 5.41 Å². The molecule has 0 bridgehead atoms. The first-order valence-corrected chi connectivity index (χ1v) is 7.38. The molecule has 2 rings (SSSR count). The topological polar surface area (TPSA) is 18.5 Å². The van der Waals surface area contributed by atoms with Crippen molar-refractivity contribution < 1.29 is 9.47 Å². The zero-order valence-corrected chi connectivity index (χ0v) is 12.9. The van der Waals surface area contributed by atoms with Gasteiger partial charge in [-0.25, -0.2) is 0 Å². The molecule has 3 heteroatoms. The summed E-state index contributed by atoms with van der Waals surface area (Å²) in [6, 6.07) is 6.02. The molecule has 1 unspecified atom stereocenters. The number of ether oxygens (including phenoxy) is 2. The number of benzene rings is 1. The number of hydrogen-bond acceptors (Lipinski definition) is 2. The minimum absolute atomic E-state index is 0.317. The molecule has 1 aliphatic carbocycles. The molecule has 100 valence electrons. The Morgan fingerprint density at radius 1 is 1.17 bits per heavy atom. The van der Waals surface area contributed by atoms with Crippen molar-refractivity contribution in [3.63, 3.8) is 0 Å². The highest BCUT2D eigenvalue weighted by atomic mass is 79.9. The fraction of sp³-hybridized carbons (Fsp3) is 0.600. The maximum Gasteiger partial charge on any atom is 0.123 e. The number of alkyl halides is 1. The Kier molecular flexibility index (Phi) is 4.21. The van der Waals surface area contributed by atoms with Crippen LogP contribution in [-0.2, 0) is 0 Å². The Balaban J connectivity index is 2.35. The molecular formula is C15H21BrO2. The van der Waals surface area contributed by atoms with E-state index in [0.717, 1.165) is 11.5 Å². The average Bonchev–Trinajstić information content (AvgIpc) is 2.85. The molecule has 0 spiro atoms. The molecule has 1 aromatic rings. The van der Waals surface area contributed by atoms with Gasteiger partial charge in [0.2, 0.25) is 0 Å². The third-order valence-electron chi connectivity index (χ3n) is 4.07. The van der Waals surface area contributed by atoms with Gasteiger partial charge in [-0.05, 0) is 36.5 Å². The van der Waals surface area contributed by atoms with Crippen LogP contribution < -0.4 is 9.47 Å². The Morgan fingerprint density at radius 2 is 1.83 bits per heavy atom. The Morgan fingerprint density at radius 3 is 2.39 bits per heavy atom. The van der Waals surface area contributed by atoms with Gasteiger partial charge in [0, 0.05) is 10.4 Å². The largest absolute Gasteiger partial charge is 0.497 e. The van der Waals surface area contributed by atoms with Crippen LogP contribution in [0.5, 0.6) is 11.5 Å². The van der Waals surface area contributed by atoms with Crippen molar-refractivity contribution in [2.24, 2.45) is 5.41 Å². The third kappa shape index (κ3) is 2.51. The summed E-state index contributed by atoms with van der Waals surface area (Å²) in [7, 11) is 3.42. The van der Waals surface area contributed by atoms with Gasteiger partial charge in [0.05, 0.1) is 14.2 Å². The summed E-state index contributed by atoms with van der Waals surface area (Å²) in [5.74, 6) is 1.82. The average molecular weight is 313 g/mol. The smallest absolute Gasteiger partial charge is 0.123 e. The van der Waals surface area contributed by atoms with Crippen molar-refractivity contribution in [3.8, 4) is 11.5 Å². The van der Waals surface area contributed by atoms with Gasteiger partial charge in [-0.3, -0.25) is 0 Å². The summed E-state index contributed by atoms with van der Waals surface area (Å²) in [5, 5.41) is 0. The van der Waals surface area contributed by atoms with Crippen molar-refractivity contribution in [3.05, 3.63) is 23.8 Å². The summed E-state index contributed by atoms with van der Waals surface area (Å²) in [6.45, 7) is 2.36. The second-order valence-corrected chi connectivity index (χ2v) is 6.25. The number of methoxy groups -OCH3 is 2. The zero-order valence-electron chi connectivity index (χ0n) is 11.3. The van der Waals surface area contributed by atoms with Gasteiger partial charge in [-0.1, -0.05) is 35.7 Å². The molecule has 1 aliphatic rings. The minimum Gasteiger partial charge on any atom is -0.497 e. The summed E-state index contributed by atoms with van der Waals surface area (Å²) >= 11 is 3.89. The monoisotopic (exact) mass is 312 g/mol. The van der Waals surface area contributed by atoms with E-state index < -0.39 is 0 Å². The van der Waals surface area contributed by atoms with E-state index in [1.165, 1.54) is 31.2 Å². The number of hydrogen-bond donors (Lipinski definition) is 0. The predicted octanol–water partition coefficient (Wildman–Crippen LogP) is 4.72. The second kappa shape index (κ2) is 5.52. The van der Waals surface area contributed by atoms with Crippen LogP contribution in [0.25, 0.3) is 0 Å². The van der Waals surface area contributed by atoms with E-state index in [2.05, 4.69) is 28.9 Å². The van der Waals surface area contributed by atoms with Crippen LogP contribution in [0.1, 0.15) is 43.0 Å². The summed E-state index contributed by atoms with van der Waals surface area (Å²) in [6.07, 6.45) is 5.18. The first-order valence-electron chi connectivity index (χ1n) is 6.47. The van der Waals surface area contributed by atoms with Crippen LogP contribution in [0.3, 0.4) is 0 Å². The second-order valence-electron chi connectivity index (χ2n) is 5.33. The lowest BCUT2D eigenvalue weighted by molar-refractivity contribution is 0.320. The Bertz CT molecular complexity index is 411. The quantitative estimate of drug-likeness (QED) is 0.749. The lowest BCUT2D eigenvalue weighted by atomic mass is 9.81. The Hall–Kier alpha value is -0.700. The van der Waals surface area contributed by atoms with Gasteiger partial charge in [0.25, 0.3) is 0 Å². The fourth-order valence-electron chi connectivity index (χ4n) is 2.85. The van der Waals surface area contributed by atoms with Crippen LogP contribution >= 0.6 is 15.9 Å². The zero-order chi connectivity index (χ0) is 13.2. The highest BCUT2D eigenvalue weighted by molar-refractivity contribution is 9.09. The van der Waals surface area contributed by atoms with Crippen LogP contribution in [0.2, 0.25) is 0 Å². The van der Waals surface area contributed by atoms with E-state index in [1.54, 1.807) is 14.2 Å². The highest BCUT2D eigenvalue weighted by Gasteiger charge is 2.37. The van der Waals surface area contributed by atoms with Gasteiger partial charge >= 0.3 is 0 Å². The van der Waals surface area contributed by atoms with E-state index >= 15 is 0 Å². The molecular weight excluding hydrogens is 292 g/mol. The first-order chi connectivity index (χ1) is 8.60. The van der Waals surface area contributed by atoms with Crippen molar-refractivity contribution >= 4 is 15.9 Å². The maximum absolute atomic E-state index is 5.48. The summed E-state index contributed by atoms with van der Waals surface area (Å²) < 4.78 is 10.8. The van der Waals surface area contributed by atoms with Crippen LogP contribution in [0.4, 0.5) is 0 Å². The summed E-state index contributed by atoms with van der Waals surface area (Å²) in [4.78, 5) is 0.317. The molecule has 18 heavy (non-hydrogen) atoms.